The summed E-state index contributed by atoms with van der Waals surface area (Å²) >= 11 is 0. The Morgan fingerprint density at radius 3 is 2.33 bits per heavy atom. The van der Waals surface area contributed by atoms with Crippen LogP contribution in [0.15, 0.2) is 35.6 Å². The Kier molecular flexibility index (Phi) is 4.54. The van der Waals surface area contributed by atoms with E-state index in [-0.39, 0.29) is 11.3 Å². The number of fused-ring (bicyclic) bond motifs is 1. The molecule has 1 heterocycles. The number of rotatable bonds is 3. The van der Waals surface area contributed by atoms with E-state index in [1.165, 1.54) is 24.3 Å². The van der Waals surface area contributed by atoms with Crippen molar-refractivity contribution in [1.82, 2.24) is 0 Å². The lowest BCUT2D eigenvalue weighted by atomic mass is 9.78. The zero-order valence-corrected chi connectivity index (χ0v) is 12.7. The monoisotopic (exact) mass is 345 g/mol. The number of aliphatic hydroxyl groups is 1. The molecule has 0 bridgehead atoms. The van der Waals surface area contributed by atoms with Gasteiger partial charge in [0.25, 0.3) is 12.1 Å². The number of carbonyl (C=O) groups is 1. The largest absolute Gasteiger partial charge is 0.512 e. The lowest BCUT2D eigenvalue weighted by molar-refractivity contribution is -0.546. The van der Waals surface area contributed by atoms with Gasteiger partial charge >= 0.3 is 6.18 Å². The predicted molar refractivity (Wildman–Crippen MR) is 76.4 cm³/mol. The van der Waals surface area contributed by atoms with Gasteiger partial charge in [-0.2, -0.15) is 13.2 Å². The highest BCUT2D eigenvalue weighted by Crippen LogP contribution is 2.46. The highest BCUT2D eigenvalue weighted by Gasteiger charge is 2.60. The van der Waals surface area contributed by atoms with Crippen LogP contribution in [0.3, 0.4) is 0 Å². The molecule has 0 saturated carbocycles. The molecule has 1 aliphatic heterocycles. The first-order valence-electron chi connectivity index (χ1n) is 6.92. The first-order valence-corrected chi connectivity index (χ1v) is 6.92. The Labute approximate surface area is 134 Å². The predicted octanol–water partition coefficient (Wildman–Crippen LogP) is 3.16. The minimum atomic E-state index is -5.02. The summed E-state index contributed by atoms with van der Waals surface area (Å²) in [4.78, 5) is 22.1. The number of halogens is 3. The summed E-state index contributed by atoms with van der Waals surface area (Å²) in [6.07, 6.45) is -7.75. The van der Waals surface area contributed by atoms with E-state index >= 15 is 0 Å². The molecule has 1 N–H and O–H groups in total. The van der Waals surface area contributed by atoms with Gasteiger partial charge in [-0.1, -0.05) is 18.2 Å². The van der Waals surface area contributed by atoms with Crippen molar-refractivity contribution in [3.63, 3.8) is 0 Å². The molecule has 0 saturated heterocycles. The van der Waals surface area contributed by atoms with Crippen LogP contribution in [0.1, 0.15) is 25.3 Å². The first kappa shape index (κ1) is 17.8. The number of para-hydroxylation sites is 1. The summed E-state index contributed by atoms with van der Waals surface area (Å²) in [5.74, 6) is -3.08. The van der Waals surface area contributed by atoms with E-state index in [1.807, 2.05) is 0 Å². The number of benzene rings is 1. The number of hydrogen-bond acceptors (Lipinski definition) is 5. The fourth-order valence-corrected chi connectivity index (χ4v) is 2.93. The van der Waals surface area contributed by atoms with Crippen molar-refractivity contribution in [1.29, 1.82) is 0 Å². The van der Waals surface area contributed by atoms with E-state index in [9.17, 15) is 33.2 Å². The Balaban J connectivity index is 2.77. The summed E-state index contributed by atoms with van der Waals surface area (Å²) in [6.45, 7) is 2.14. The Morgan fingerprint density at radius 2 is 1.88 bits per heavy atom. The maximum atomic E-state index is 13.3. The molecule has 0 amide bonds. The molecule has 24 heavy (non-hydrogen) atoms. The van der Waals surface area contributed by atoms with Gasteiger partial charge in [0, 0.05) is 16.1 Å². The average molecular weight is 345 g/mol. The van der Waals surface area contributed by atoms with Gasteiger partial charge in [0.2, 0.25) is 0 Å². The molecule has 0 aliphatic carbocycles. The van der Waals surface area contributed by atoms with Crippen LogP contribution in [0.25, 0.3) is 0 Å². The standard InChI is InChI=1S/C15H14F3NO5/c1-7(20)11(8(2)21)12-9-5-3-4-6-10(9)24-14(15(16,17)18)13(12)19(22)23/h3-6,12-14,20H,1-2H3/t12-,13+,14-/m0/s1. The minimum Gasteiger partial charge on any atom is -0.512 e. The van der Waals surface area contributed by atoms with Gasteiger partial charge in [-0.05, 0) is 19.9 Å². The summed E-state index contributed by atoms with van der Waals surface area (Å²) in [7, 11) is 0. The van der Waals surface area contributed by atoms with E-state index in [0.717, 1.165) is 13.8 Å². The van der Waals surface area contributed by atoms with Crippen molar-refractivity contribution in [2.75, 3.05) is 0 Å². The third-order valence-corrected chi connectivity index (χ3v) is 3.81. The van der Waals surface area contributed by atoms with E-state index in [0.29, 0.717) is 0 Å². The molecule has 130 valence electrons. The van der Waals surface area contributed by atoms with Gasteiger partial charge in [-0.25, -0.2) is 0 Å². The van der Waals surface area contributed by atoms with Crippen molar-refractivity contribution in [2.45, 2.75) is 38.1 Å². The number of carbonyl (C=O) groups excluding carboxylic acids is 1. The minimum absolute atomic E-state index is 0.0540. The first-order chi connectivity index (χ1) is 11.1. The zero-order valence-electron chi connectivity index (χ0n) is 12.7. The zero-order chi connectivity index (χ0) is 18.2. The van der Waals surface area contributed by atoms with Gasteiger partial charge in [0.15, 0.2) is 5.78 Å². The van der Waals surface area contributed by atoms with E-state index < -0.39 is 46.3 Å². The second-order valence-corrected chi connectivity index (χ2v) is 5.43. The van der Waals surface area contributed by atoms with Crippen molar-refractivity contribution in [2.24, 2.45) is 0 Å². The number of alkyl halides is 3. The highest BCUT2D eigenvalue weighted by molar-refractivity contribution is 5.95. The lowest BCUT2D eigenvalue weighted by Crippen LogP contribution is -2.54. The summed E-state index contributed by atoms with van der Waals surface area (Å²) in [5.41, 5.74) is -0.375. The molecule has 0 radical (unpaired) electrons. The maximum absolute atomic E-state index is 13.3. The molecule has 1 aliphatic rings. The second-order valence-electron chi connectivity index (χ2n) is 5.43. The average Bonchev–Trinajstić information content (AvgIpc) is 2.44. The van der Waals surface area contributed by atoms with E-state index in [1.54, 1.807) is 0 Å². The van der Waals surface area contributed by atoms with Crippen molar-refractivity contribution in [3.8, 4) is 5.75 Å². The van der Waals surface area contributed by atoms with Crippen LogP contribution in [0.4, 0.5) is 13.2 Å². The van der Waals surface area contributed by atoms with Gasteiger partial charge in [0.05, 0.1) is 11.7 Å². The second kappa shape index (κ2) is 6.14. The van der Waals surface area contributed by atoms with Crippen LogP contribution in [-0.2, 0) is 4.79 Å². The molecule has 1 aromatic rings. The number of nitrogens with zero attached hydrogens (tertiary/aromatic N) is 1. The number of aliphatic hydroxyl groups excluding tert-OH is 1. The third kappa shape index (κ3) is 3.06. The summed E-state index contributed by atoms with van der Waals surface area (Å²) < 4.78 is 44.7. The molecule has 9 heteroatoms. The van der Waals surface area contributed by atoms with Gasteiger partial charge < -0.3 is 9.84 Å². The Hall–Kier alpha value is -2.58. The molecule has 3 atom stereocenters. The normalized spacial score (nSPS) is 24.5. The molecule has 1 aromatic carbocycles. The Morgan fingerprint density at radius 1 is 1.29 bits per heavy atom. The van der Waals surface area contributed by atoms with Crippen molar-refractivity contribution < 1.29 is 32.7 Å². The molecular weight excluding hydrogens is 331 g/mol. The van der Waals surface area contributed by atoms with Crippen LogP contribution in [0.2, 0.25) is 0 Å². The lowest BCUT2D eigenvalue weighted by Gasteiger charge is -2.35. The highest BCUT2D eigenvalue weighted by atomic mass is 19.4. The van der Waals surface area contributed by atoms with E-state index in [4.69, 9.17) is 4.74 Å². The van der Waals surface area contributed by atoms with Crippen LogP contribution in [-0.4, -0.2) is 34.1 Å². The van der Waals surface area contributed by atoms with Gasteiger partial charge in [-0.3, -0.25) is 14.9 Å². The fraction of sp³-hybridized carbons (Fsp3) is 0.400. The summed E-state index contributed by atoms with van der Waals surface area (Å²) in [5, 5.41) is 21.2. The van der Waals surface area contributed by atoms with Crippen LogP contribution >= 0.6 is 0 Å². The third-order valence-electron chi connectivity index (χ3n) is 3.81. The maximum Gasteiger partial charge on any atom is 0.432 e. The number of ketones is 1. The SMILES string of the molecule is CC(=O)C(=C(C)O)[C@@H]1c2ccccc2O[C@H](C(F)(F)F)[C@@H]1[N+](=O)[O-]. The quantitative estimate of drug-likeness (QED) is 0.393. The van der Waals surface area contributed by atoms with Crippen LogP contribution in [0.5, 0.6) is 5.75 Å². The Bertz CT molecular complexity index is 709. The van der Waals surface area contributed by atoms with E-state index in [2.05, 4.69) is 0 Å². The summed E-state index contributed by atoms with van der Waals surface area (Å²) in [6, 6.07) is 3.17. The molecule has 2 rings (SSSR count). The van der Waals surface area contributed by atoms with Gasteiger partial charge in [-0.15, -0.1) is 0 Å². The topological polar surface area (TPSA) is 89.7 Å². The van der Waals surface area contributed by atoms with Crippen LogP contribution < -0.4 is 4.74 Å². The number of Topliss-reactive ketones (excluding diaryl/α,β-unsaturated/α-hetero) is 1. The molecule has 6 nitrogen and oxygen atoms in total. The molecule has 0 spiro atoms. The molecule has 0 fully saturated rings. The molecule has 0 unspecified atom stereocenters. The smallest absolute Gasteiger partial charge is 0.432 e. The fourth-order valence-electron chi connectivity index (χ4n) is 2.93. The molecular formula is C15H14F3NO5. The van der Waals surface area contributed by atoms with Gasteiger partial charge in [0.1, 0.15) is 5.75 Å². The van der Waals surface area contributed by atoms with Crippen molar-refractivity contribution in [3.05, 3.63) is 51.3 Å². The number of hydrogen-bond donors (Lipinski definition) is 1. The number of nitro groups is 1. The number of allylic oxidation sites excluding steroid dienone is 1. The molecule has 0 aromatic heterocycles. The number of ether oxygens (including phenoxy) is 1. The van der Waals surface area contributed by atoms with Crippen LogP contribution in [0, 0.1) is 10.1 Å². The van der Waals surface area contributed by atoms with Crippen molar-refractivity contribution >= 4 is 5.78 Å².